The van der Waals surface area contributed by atoms with Crippen LogP contribution >= 0.6 is 11.6 Å². The fourth-order valence-corrected chi connectivity index (χ4v) is 2.84. The van der Waals surface area contributed by atoms with E-state index in [1.807, 2.05) is 6.20 Å². The van der Waals surface area contributed by atoms with Gasteiger partial charge in [0.05, 0.1) is 5.02 Å². The first-order valence-electron chi connectivity index (χ1n) is 6.80. The summed E-state index contributed by atoms with van der Waals surface area (Å²) >= 11 is 6.34. The van der Waals surface area contributed by atoms with Crippen molar-refractivity contribution >= 4 is 17.4 Å². The quantitative estimate of drug-likeness (QED) is 0.907. The Hall–Kier alpha value is -0.800. The van der Waals surface area contributed by atoms with Crippen LogP contribution < -0.4 is 10.2 Å². The third-order valence-corrected chi connectivity index (χ3v) is 3.92. The molecule has 1 aromatic heterocycles. The Morgan fingerprint density at radius 1 is 1.39 bits per heavy atom. The smallest absolute Gasteiger partial charge is 0.147 e. The largest absolute Gasteiger partial charge is 0.352 e. The molecule has 3 rings (SSSR count). The zero-order valence-corrected chi connectivity index (χ0v) is 11.7. The molecule has 18 heavy (non-hydrogen) atoms. The van der Waals surface area contributed by atoms with Crippen LogP contribution in [0, 0.1) is 0 Å². The summed E-state index contributed by atoms with van der Waals surface area (Å²) in [7, 11) is 0. The van der Waals surface area contributed by atoms with Gasteiger partial charge in [-0.1, -0.05) is 25.4 Å². The van der Waals surface area contributed by atoms with Gasteiger partial charge in [0.15, 0.2) is 0 Å². The Bertz CT molecular complexity index is 437. The molecule has 3 nitrogen and oxygen atoms in total. The van der Waals surface area contributed by atoms with Gasteiger partial charge in [-0.25, -0.2) is 4.98 Å². The molecule has 0 bridgehead atoms. The van der Waals surface area contributed by atoms with Gasteiger partial charge < -0.3 is 10.2 Å². The molecule has 2 heterocycles. The minimum Gasteiger partial charge on any atom is -0.352 e. The summed E-state index contributed by atoms with van der Waals surface area (Å²) in [6, 6.07) is 3.22. The van der Waals surface area contributed by atoms with E-state index < -0.39 is 0 Å². The molecule has 0 spiro atoms. The van der Waals surface area contributed by atoms with Crippen LogP contribution in [0.2, 0.25) is 5.02 Å². The molecular formula is C14H20ClN3. The molecule has 4 heteroatoms. The van der Waals surface area contributed by atoms with Crippen molar-refractivity contribution in [2.24, 2.45) is 0 Å². The van der Waals surface area contributed by atoms with Gasteiger partial charge >= 0.3 is 0 Å². The zero-order valence-electron chi connectivity index (χ0n) is 11.0. The summed E-state index contributed by atoms with van der Waals surface area (Å²) in [4.78, 5) is 6.79. The van der Waals surface area contributed by atoms with Crippen molar-refractivity contribution in [1.82, 2.24) is 10.3 Å². The van der Waals surface area contributed by atoms with Crippen molar-refractivity contribution in [2.45, 2.75) is 44.7 Å². The van der Waals surface area contributed by atoms with Crippen LogP contribution in [-0.4, -0.2) is 30.2 Å². The number of rotatable bonds is 4. The van der Waals surface area contributed by atoms with Crippen LogP contribution in [-0.2, 0) is 0 Å². The Kier molecular flexibility index (Phi) is 3.20. The molecule has 0 amide bonds. The van der Waals surface area contributed by atoms with Crippen molar-refractivity contribution in [2.75, 3.05) is 18.0 Å². The van der Waals surface area contributed by atoms with Crippen LogP contribution in [0.4, 0.5) is 5.82 Å². The molecule has 0 unspecified atom stereocenters. The molecule has 0 aromatic carbocycles. The highest BCUT2D eigenvalue weighted by Gasteiger charge is 2.30. The fourth-order valence-electron chi connectivity index (χ4n) is 2.55. The number of halogens is 1. The fraction of sp³-hybridized carbons (Fsp3) is 0.643. The molecule has 1 N–H and O–H groups in total. The highest BCUT2D eigenvalue weighted by molar-refractivity contribution is 6.33. The lowest BCUT2D eigenvalue weighted by Crippen LogP contribution is -2.59. The lowest BCUT2D eigenvalue weighted by molar-refractivity contribution is 0.387. The second-order valence-electron chi connectivity index (χ2n) is 5.77. The molecule has 0 radical (unpaired) electrons. The van der Waals surface area contributed by atoms with Crippen molar-refractivity contribution in [1.29, 1.82) is 0 Å². The molecule has 1 aliphatic carbocycles. The Labute approximate surface area is 114 Å². The van der Waals surface area contributed by atoms with E-state index in [1.54, 1.807) is 0 Å². The van der Waals surface area contributed by atoms with Crippen LogP contribution in [0.1, 0.15) is 38.2 Å². The number of hydrogen-bond acceptors (Lipinski definition) is 3. The minimum absolute atomic E-state index is 0.540. The van der Waals surface area contributed by atoms with Crippen molar-refractivity contribution in [3.05, 3.63) is 22.8 Å². The summed E-state index contributed by atoms with van der Waals surface area (Å²) in [6.07, 6.45) is 4.59. The summed E-state index contributed by atoms with van der Waals surface area (Å²) in [5.41, 5.74) is 1.31. The highest BCUT2D eigenvalue weighted by Crippen LogP contribution is 2.41. The summed E-state index contributed by atoms with van der Waals surface area (Å²) < 4.78 is 0. The summed E-state index contributed by atoms with van der Waals surface area (Å²) in [5.74, 6) is 1.67. The lowest BCUT2D eigenvalue weighted by Gasteiger charge is -2.41. The van der Waals surface area contributed by atoms with Gasteiger partial charge in [0, 0.05) is 31.4 Å². The van der Waals surface area contributed by atoms with E-state index >= 15 is 0 Å². The third kappa shape index (κ3) is 2.47. The number of aromatic nitrogens is 1. The number of hydrogen-bond donors (Lipinski definition) is 1. The summed E-state index contributed by atoms with van der Waals surface area (Å²) in [6.45, 7) is 6.37. The van der Waals surface area contributed by atoms with Crippen LogP contribution in [0.5, 0.6) is 0 Å². The first-order chi connectivity index (χ1) is 8.63. The number of anilines is 1. The topological polar surface area (TPSA) is 28.2 Å². The zero-order chi connectivity index (χ0) is 12.7. The molecule has 1 aromatic rings. The first-order valence-corrected chi connectivity index (χ1v) is 7.17. The number of nitrogens with one attached hydrogen (secondary N) is 1. The minimum atomic E-state index is 0.540. The van der Waals surface area contributed by atoms with Gasteiger partial charge in [0.1, 0.15) is 5.82 Å². The van der Waals surface area contributed by atoms with Gasteiger partial charge in [-0.15, -0.1) is 0 Å². The normalized spacial score (nSPS) is 20.3. The molecular weight excluding hydrogens is 246 g/mol. The van der Waals surface area contributed by atoms with E-state index in [1.165, 1.54) is 18.4 Å². The molecule has 0 atom stereocenters. The van der Waals surface area contributed by atoms with Gasteiger partial charge in [-0.05, 0) is 30.4 Å². The molecule has 1 aliphatic heterocycles. The molecule has 2 fully saturated rings. The Balaban J connectivity index is 1.63. The van der Waals surface area contributed by atoms with Gasteiger partial charge in [-0.2, -0.15) is 0 Å². The first kappa shape index (κ1) is 12.2. The van der Waals surface area contributed by atoms with Crippen LogP contribution in [0.3, 0.4) is 0 Å². The van der Waals surface area contributed by atoms with Crippen LogP contribution in [0.25, 0.3) is 0 Å². The SMILES string of the molecule is CC(C)NC1CN(c2ncc(C3CC3)cc2Cl)C1. The number of pyridine rings is 1. The molecule has 1 saturated carbocycles. The van der Waals surface area contributed by atoms with Gasteiger partial charge in [0.25, 0.3) is 0 Å². The van der Waals surface area contributed by atoms with E-state index in [0.29, 0.717) is 12.1 Å². The Morgan fingerprint density at radius 3 is 2.67 bits per heavy atom. The van der Waals surface area contributed by atoms with Crippen molar-refractivity contribution in [3.63, 3.8) is 0 Å². The maximum absolute atomic E-state index is 6.34. The standard InChI is InChI=1S/C14H20ClN3/c1-9(2)17-12-7-18(8-12)14-13(15)5-11(6-16-14)10-3-4-10/h5-6,9-10,12,17H,3-4,7-8H2,1-2H3. The maximum atomic E-state index is 6.34. The third-order valence-electron chi connectivity index (χ3n) is 3.64. The average Bonchev–Trinajstić information content (AvgIpc) is 3.07. The van der Waals surface area contributed by atoms with Gasteiger partial charge in [0.2, 0.25) is 0 Å². The number of nitrogens with zero attached hydrogens (tertiary/aromatic N) is 2. The van der Waals surface area contributed by atoms with E-state index in [4.69, 9.17) is 11.6 Å². The predicted octanol–water partition coefficient (Wildman–Crippen LogP) is 2.80. The van der Waals surface area contributed by atoms with E-state index in [-0.39, 0.29) is 0 Å². The van der Waals surface area contributed by atoms with E-state index in [9.17, 15) is 0 Å². The Morgan fingerprint density at radius 2 is 2.11 bits per heavy atom. The second kappa shape index (κ2) is 4.71. The highest BCUT2D eigenvalue weighted by atomic mass is 35.5. The lowest BCUT2D eigenvalue weighted by atomic mass is 10.1. The summed E-state index contributed by atoms with van der Waals surface area (Å²) in [5, 5.41) is 4.33. The molecule has 1 saturated heterocycles. The van der Waals surface area contributed by atoms with Crippen molar-refractivity contribution < 1.29 is 0 Å². The average molecular weight is 266 g/mol. The monoisotopic (exact) mass is 265 g/mol. The molecule has 2 aliphatic rings. The van der Waals surface area contributed by atoms with Crippen LogP contribution in [0.15, 0.2) is 12.3 Å². The van der Waals surface area contributed by atoms with E-state index in [0.717, 1.165) is 29.8 Å². The second-order valence-corrected chi connectivity index (χ2v) is 6.18. The predicted molar refractivity (Wildman–Crippen MR) is 75.5 cm³/mol. The van der Waals surface area contributed by atoms with E-state index in [2.05, 4.69) is 35.1 Å². The van der Waals surface area contributed by atoms with Crippen molar-refractivity contribution in [3.8, 4) is 0 Å². The maximum Gasteiger partial charge on any atom is 0.147 e. The van der Waals surface area contributed by atoms with Gasteiger partial charge in [-0.3, -0.25) is 0 Å². The molecule has 98 valence electrons.